The molecule has 0 spiro atoms. The van der Waals surface area contributed by atoms with Gasteiger partial charge in [-0.1, -0.05) is 13.0 Å². The monoisotopic (exact) mass is 269 g/mol. The summed E-state index contributed by atoms with van der Waals surface area (Å²) in [6.07, 6.45) is 0. The van der Waals surface area contributed by atoms with Crippen molar-refractivity contribution >= 4 is 17.6 Å². The molecule has 0 bridgehead atoms. The summed E-state index contributed by atoms with van der Waals surface area (Å²) < 4.78 is 13.2. The summed E-state index contributed by atoms with van der Waals surface area (Å²) >= 11 is 0. The van der Waals surface area contributed by atoms with Crippen LogP contribution < -0.4 is 4.90 Å². The van der Waals surface area contributed by atoms with E-state index in [9.17, 15) is 14.0 Å². The van der Waals surface area contributed by atoms with E-state index in [0.717, 1.165) is 0 Å². The van der Waals surface area contributed by atoms with Gasteiger partial charge in [0.25, 0.3) is 0 Å². The topological polar surface area (TPSA) is 77.8 Å². The van der Waals surface area contributed by atoms with E-state index in [1.54, 1.807) is 6.07 Å². The Morgan fingerprint density at radius 3 is 2.37 bits per heavy atom. The number of hydrogen-bond donors (Lipinski definition) is 2. The van der Waals surface area contributed by atoms with Gasteiger partial charge in [-0.2, -0.15) is 0 Å². The second-order valence-corrected chi connectivity index (χ2v) is 4.39. The molecule has 0 aliphatic heterocycles. The molecule has 0 saturated carbocycles. The zero-order valence-corrected chi connectivity index (χ0v) is 10.7. The summed E-state index contributed by atoms with van der Waals surface area (Å²) in [5.41, 5.74) is 0.350. The van der Waals surface area contributed by atoms with Crippen molar-refractivity contribution in [2.24, 2.45) is 5.92 Å². The molecule has 1 rings (SSSR count). The number of nitrogens with zero attached hydrogens (tertiary/aromatic N) is 1. The number of rotatable bonds is 6. The molecule has 0 fully saturated rings. The predicted octanol–water partition coefficient (Wildman–Crippen LogP) is 1.83. The number of halogens is 1. The summed E-state index contributed by atoms with van der Waals surface area (Å²) in [4.78, 5) is 23.3. The van der Waals surface area contributed by atoms with E-state index in [1.807, 2.05) is 0 Å². The average molecular weight is 269 g/mol. The lowest BCUT2D eigenvalue weighted by Crippen LogP contribution is -2.43. The molecule has 0 radical (unpaired) electrons. The number of aliphatic carboxylic acids is 2. The van der Waals surface area contributed by atoms with Crippen LogP contribution in [0.2, 0.25) is 0 Å². The lowest BCUT2D eigenvalue weighted by molar-refractivity contribution is -0.142. The van der Waals surface area contributed by atoms with Crippen molar-refractivity contribution in [3.05, 3.63) is 30.1 Å². The first kappa shape index (κ1) is 14.9. The molecule has 2 unspecified atom stereocenters. The molecule has 1 aromatic rings. The van der Waals surface area contributed by atoms with Crippen molar-refractivity contribution in [2.75, 3.05) is 11.4 Å². The van der Waals surface area contributed by atoms with Crippen molar-refractivity contribution in [2.45, 2.75) is 19.9 Å². The van der Waals surface area contributed by atoms with Crippen molar-refractivity contribution in [1.82, 2.24) is 0 Å². The van der Waals surface area contributed by atoms with Crippen LogP contribution in [-0.4, -0.2) is 34.7 Å². The maximum Gasteiger partial charge on any atom is 0.326 e. The normalized spacial score (nSPS) is 13.6. The largest absolute Gasteiger partial charge is 0.481 e. The van der Waals surface area contributed by atoms with Gasteiger partial charge in [-0.15, -0.1) is 0 Å². The van der Waals surface area contributed by atoms with E-state index in [1.165, 1.54) is 36.9 Å². The molecule has 0 aliphatic carbocycles. The molecule has 6 heteroatoms. The van der Waals surface area contributed by atoms with Crippen molar-refractivity contribution in [3.8, 4) is 0 Å². The van der Waals surface area contributed by atoms with Crippen LogP contribution in [0.25, 0.3) is 0 Å². The minimum absolute atomic E-state index is 0.00769. The van der Waals surface area contributed by atoms with Gasteiger partial charge >= 0.3 is 11.9 Å². The van der Waals surface area contributed by atoms with E-state index in [4.69, 9.17) is 10.2 Å². The fourth-order valence-electron chi connectivity index (χ4n) is 1.65. The van der Waals surface area contributed by atoms with Gasteiger partial charge in [-0.3, -0.25) is 4.79 Å². The second-order valence-electron chi connectivity index (χ2n) is 4.39. The highest BCUT2D eigenvalue weighted by Gasteiger charge is 2.25. The molecule has 0 amide bonds. The van der Waals surface area contributed by atoms with Gasteiger partial charge < -0.3 is 15.1 Å². The molecule has 0 aliphatic rings. The van der Waals surface area contributed by atoms with E-state index < -0.39 is 29.7 Å². The molecule has 0 saturated heterocycles. The molecule has 2 N–H and O–H groups in total. The van der Waals surface area contributed by atoms with Gasteiger partial charge in [0.15, 0.2) is 0 Å². The fraction of sp³-hybridized carbons (Fsp3) is 0.385. The van der Waals surface area contributed by atoms with Gasteiger partial charge in [0.1, 0.15) is 11.9 Å². The Bertz CT molecular complexity index is 477. The molecule has 19 heavy (non-hydrogen) atoms. The van der Waals surface area contributed by atoms with Gasteiger partial charge in [0.05, 0.1) is 5.92 Å². The maximum atomic E-state index is 13.2. The van der Waals surface area contributed by atoms with E-state index in [2.05, 4.69) is 0 Å². The molecule has 104 valence electrons. The highest BCUT2D eigenvalue weighted by Crippen LogP contribution is 2.20. The standard InChI is InChI=1S/C13H16FNO4/c1-8(12(16)17)7-15(9(2)13(18)19)11-5-3-4-10(14)6-11/h3-6,8-9H,7H2,1-2H3,(H,16,17)(H,18,19). The smallest absolute Gasteiger partial charge is 0.326 e. The van der Waals surface area contributed by atoms with Crippen molar-refractivity contribution in [3.63, 3.8) is 0 Å². The average Bonchev–Trinajstić information content (AvgIpc) is 2.34. The van der Waals surface area contributed by atoms with Gasteiger partial charge in [0, 0.05) is 12.2 Å². The molecule has 0 aromatic heterocycles. The predicted molar refractivity (Wildman–Crippen MR) is 67.6 cm³/mol. The Labute approximate surface area is 110 Å². The van der Waals surface area contributed by atoms with Crippen LogP contribution in [-0.2, 0) is 9.59 Å². The maximum absolute atomic E-state index is 13.2. The van der Waals surface area contributed by atoms with Crippen LogP contribution in [0.5, 0.6) is 0 Å². The summed E-state index contributed by atoms with van der Waals surface area (Å²) in [5.74, 6) is -3.38. The van der Waals surface area contributed by atoms with Crippen molar-refractivity contribution in [1.29, 1.82) is 0 Å². The number of carboxylic acid groups (broad SMARTS) is 2. The summed E-state index contributed by atoms with van der Waals surface area (Å²) in [7, 11) is 0. The third kappa shape index (κ3) is 3.94. The van der Waals surface area contributed by atoms with Gasteiger partial charge in [0.2, 0.25) is 0 Å². The Morgan fingerprint density at radius 1 is 1.26 bits per heavy atom. The quantitative estimate of drug-likeness (QED) is 0.823. The van der Waals surface area contributed by atoms with E-state index >= 15 is 0 Å². The number of anilines is 1. The van der Waals surface area contributed by atoms with E-state index in [-0.39, 0.29) is 6.54 Å². The van der Waals surface area contributed by atoms with Crippen LogP contribution in [0.4, 0.5) is 10.1 Å². The minimum Gasteiger partial charge on any atom is -0.481 e. The zero-order valence-electron chi connectivity index (χ0n) is 10.7. The highest BCUT2D eigenvalue weighted by molar-refractivity contribution is 5.78. The minimum atomic E-state index is -1.10. The molecular formula is C13H16FNO4. The SMILES string of the molecule is CC(CN(c1cccc(F)c1)C(C)C(=O)O)C(=O)O. The fourth-order valence-corrected chi connectivity index (χ4v) is 1.65. The molecule has 1 aromatic carbocycles. The lowest BCUT2D eigenvalue weighted by atomic mass is 10.1. The third-order valence-electron chi connectivity index (χ3n) is 2.86. The summed E-state index contributed by atoms with van der Waals surface area (Å²) in [6.45, 7) is 2.90. The molecule has 2 atom stereocenters. The Morgan fingerprint density at radius 2 is 1.89 bits per heavy atom. The summed E-state index contributed by atoms with van der Waals surface area (Å²) in [6, 6.07) is 4.50. The summed E-state index contributed by atoms with van der Waals surface area (Å²) in [5, 5.41) is 18.0. The van der Waals surface area contributed by atoms with Crippen LogP contribution in [0.1, 0.15) is 13.8 Å². The number of benzene rings is 1. The number of carboxylic acids is 2. The Hall–Kier alpha value is -2.11. The van der Waals surface area contributed by atoms with Gasteiger partial charge in [-0.25, -0.2) is 9.18 Å². The van der Waals surface area contributed by atoms with Crippen molar-refractivity contribution < 1.29 is 24.2 Å². The van der Waals surface area contributed by atoms with Crippen LogP contribution in [0.15, 0.2) is 24.3 Å². The highest BCUT2D eigenvalue weighted by atomic mass is 19.1. The first-order valence-electron chi connectivity index (χ1n) is 5.80. The van der Waals surface area contributed by atoms with Crippen LogP contribution in [0.3, 0.4) is 0 Å². The second kappa shape index (κ2) is 6.17. The third-order valence-corrected chi connectivity index (χ3v) is 2.86. The van der Waals surface area contributed by atoms with E-state index in [0.29, 0.717) is 5.69 Å². The van der Waals surface area contributed by atoms with Gasteiger partial charge in [-0.05, 0) is 25.1 Å². The Kier molecular flexibility index (Phi) is 4.86. The zero-order chi connectivity index (χ0) is 14.6. The number of hydrogen-bond acceptors (Lipinski definition) is 3. The Balaban J connectivity index is 3.05. The first-order valence-corrected chi connectivity index (χ1v) is 5.80. The molecular weight excluding hydrogens is 253 g/mol. The van der Waals surface area contributed by atoms with Crippen LogP contribution >= 0.6 is 0 Å². The molecule has 5 nitrogen and oxygen atoms in total. The van der Waals surface area contributed by atoms with Crippen LogP contribution in [0, 0.1) is 11.7 Å². The lowest BCUT2D eigenvalue weighted by Gasteiger charge is -2.30. The first-order chi connectivity index (χ1) is 8.82. The number of carbonyl (C=O) groups is 2. The molecule has 0 heterocycles.